The van der Waals surface area contributed by atoms with Gasteiger partial charge in [-0.05, 0) is 76.2 Å². The van der Waals surface area contributed by atoms with Crippen LogP contribution in [-0.2, 0) is 0 Å². The Bertz CT molecular complexity index is 1950. The summed E-state index contributed by atoms with van der Waals surface area (Å²) >= 11 is 0. The molecule has 0 atom stereocenters. The smallest absolute Gasteiger partial charge is 0.0949 e. The maximum Gasteiger partial charge on any atom is 0.0949 e. The molecule has 4 aromatic carbocycles. The Morgan fingerprint density at radius 3 is 2.25 bits per heavy atom. The van der Waals surface area contributed by atoms with Gasteiger partial charge >= 0.3 is 0 Å². The molecule has 36 heavy (non-hydrogen) atoms. The van der Waals surface area contributed by atoms with Crippen LogP contribution < -0.4 is 0 Å². The lowest BCUT2D eigenvalue weighted by molar-refractivity contribution is 0.876. The number of aromatic nitrogens is 2. The van der Waals surface area contributed by atoms with Gasteiger partial charge < -0.3 is 4.40 Å². The average Bonchev–Trinajstić information content (AvgIpc) is 3.39. The van der Waals surface area contributed by atoms with Crippen molar-refractivity contribution in [2.45, 2.75) is 24.7 Å². The highest BCUT2D eigenvalue weighted by molar-refractivity contribution is 8.32. The third kappa shape index (κ3) is 2.90. The van der Waals surface area contributed by atoms with Gasteiger partial charge in [-0.3, -0.25) is 4.98 Å². The summed E-state index contributed by atoms with van der Waals surface area (Å²) in [5.41, 5.74) is 7.44. The zero-order chi connectivity index (χ0) is 24.8. The third-order valence-electron chi connectivity index (χ3n) is 7.66. The summed E-state index contributed by atoms with van der Waals surface area (Å²) in [5.74, 6) is 0.431. The van der Waals surface area contributed by atoms with Crippen LogP contribution in [0.25, 0.3) is 60.1 Å². The second kappa shape index (κ2) is 7.47. The molecular weight excluding hydrogens is 456 g/mol. The number of fused-ring (bicyclic) bond motifs is 7. The van der Waals surface area contributed by atoms with E-state index in [2.05, 4.69) is 116 Å². The first-order valence-corrected chi connectivity index (χ1v) is 15.5. The fourth-order valence-electron chi connectivity index (χ4n) is 6.11. The lowest BCUT2D eigenvalue weighted by Crippen LogP contribution is -1.95. The minimum atomic E-state index is -0.904. The van der Waals surface area contributed by atoms with Gasteiger partial charge in [-0.2, -0.15) is 0 Å². The SMILES string of the molecule is CC(C)c1cc(-c2nccc3c4cccc5c6c(S(C)(C)C)cccc6n(c23)c45)cc2ccccc12. The van der Waals surface area contributed by atoms with Gasteiger partial charge in [-0.15, -0.1) is 0 Å². The van der Waals surface area contributed by atoms with Crippen LogP contribution in [0.1, 0.15) is 25.3 Å². The van der Waals surface area contributed by atoms with Crippen LogP contribution in [0.15, 0.2) is 90.0 Å². The summed E-state index contributed by atoms with van der Waals surface area (Å²) in [7, 11) is -0.904. The zero-order valence-corrected chi connectivity index (χ0v) is 22.3. The Morgan fingerprint density at radius 1 is 0.722 bits per heavy atom. The van der Waals surface area contributed by atoms with Crippen molar-refractivity contribution in [2.24, 2.45) is 0 Å². The monoisotopic (exact) mass is 486 g/mol. The molecule has 7 aromatic rings. The standard InChI is InChI=1S/C33H30N2S/c1-20(2)27-19-22(18-21-10-6-7-11-23(21)27)31-33-25(16-17-34-31)24-12-8-13-26-30-28(35(33)32(24)26)14-9-15-29(30)36(3,4)5/h6-20H,1-5H3. The molecule has 178 valence electrons. The van der Waals surface area contributed by atoms with Crippen molar-refractivity contribution in [1.82, 2.24) is 9.38 Å². The molecule has 0 aliphatic carbocycles. The number of para-hydroxylation sites is 1. The third-order valence-corrected chi connectivity index (χ3v) is 9.32. The highest BCUT2D eigenvalue weighted by atomic mass is 32.3. The van der Waals surface area contributed by atoms with Gasteiger partial charge in [0.2, 0.25) is 0 Å². The predicted molar refractivity (Wildman–Crippen MR) is 160 cm³/mol. The van der Waals surface area contributed by atoms with Crippen molar-refractivity contribution in [2.75, 3.05) is 18.8 Å². The molecule has 3 heterocycles. The summed E-state index contributed by atoms with van der Waals surface area (Å²) in [4.78, 5) is 6.51. The van der Waals surface area contributed by atoms with Crippen LogP contribution in [0, 0.1) is 0 Å². The van der Waals surface area contributed by atoms with Gasteiger partial charge in [-0.1, -0.05) is 62.4 Å². The zero-order valence-electron chi connectivity index (χ0n) is 21.5. The largest absolute Gasteiger partial charge is 0.306 e. The average molecular weight is 487 g/mol. The molecule has 0 spiro atoms. The van der Waals surface area contributed by atoms with Gasteiger partial charge in [0.05, 0.1) is 22.2 Å². The Labute approximate surface area is 213 Å². The number of nitrogens with zero attached hydrogens (tertiary/aromatic N) is 2. The fourth-order valence-corrected chi connectivity index (χ4v) is 7.42. The molecule has 3 aromatic heterocycles. The number of benzene rings is 4. The molecule has 0 N–H and O–H groups in total. The highest BCUT2D eigenvalue weighted by Crippen LogP contribution is 2.52. The summed E-state index contributed by atoms with van der Waals surface area (Å²) < 4.78 is 2.50. The lowest BCUT2D eigenvalue weighted by atomic mass is 9.92. The molecule has 0 bridgehead atoms. The number of hydrogen-bond acceptors (Lipinski definition) is 1. The Hall–Kier alpha value is -3.56. The molecular formula is C33H30N2S. The maximum absolute atomic E-state index is 5.04. The van der Waals surface area contributed by atoms with Crippen molar-refractivity contribution < 1.29 is 0 Å². The van der Waals surface area contributed by atoms with Crippen LogP contribution in [0.3, 0.4) is 0 Å². The van der Waals surface area contributed by atoms with Crippen molar-refractivity contribution in [3.05, 3.63) is 90.6 Å². The first kappa shape index (κ1) is 21.7. The maximum atomic E-state index is 5.04. The summed E-state index contributed by atoms with van der Waals surface area (Å²) in [6.07, 6.45) is 9.16. The van der Waals surface area contributed by atoms with E-state index in [1.807, 2.05) is 6.20 Å². The molecule has 2 nitrogen and oxygen atoms in total. The Morgan fingerprint density at radius 2 is 1.44 bits per heavy atom. The second-order valence-corrected chi connectivity index (χ2v) is 15.1. The number of hydrogen-bond donors (Lipinski definition) is 0. The van der Waals surface area contributed by atoms with E-state index < -0.39 is 10.0 Å². The molecule has 7 rings (SSSR count). The molecule has 0 amide bonds. The van der Waals surface area contributed by atoms with Crippen LogP contribution >= 0.6 is 10.0 Å². The van der Waals surface area contributed by atoms with Gasteiger partial charge in [0.15, 0.2) is 0 Å². The Kier molecular flexibility index (Phi) is 4.50. The van der Waals surface area contributed by atoms with Gasteiger partial charge in [0, 0.05) is 33.3 Å². The van der Waals surface area contributed by atoms with Crippen LogP contribution in [0.2, 0.25) is 0 Å². The summed E-state index contributed by atoms with van der Waals surface area (Å²) in [6.45, 7) is 4.56. The Balaban J connectivity index is 1.68. The second-order valence-electron chi connectivity index (χ2n) is 11.0. The summed E-state index contributed by atoms with van der Waals surface area (Å²) in [5, 5.41) is 7.94. The minimum Gasteiger partial charge on any atom is -0.306 e. The molecule has 0 radical (unpaired) electrons. The molecule has 0 saturated heterocycles. The predicted octanol–water partition coefficient (Wildman–Crippen LogP) is 9.23. The van der Waals surface area contributed by atoms with E-state index in [-0.39, 0.29) is 0 Å². The number of rotatable bonds is 3. The lowest BCUT2D eigenvalue weighted by Gasteiger charge is -2.27. The topological polar surface area (TPSA) is 17.3 Å². The highest BCUT2D eigenvalue weighted by Gasteiger charge is 2.24. The van der Waals surface area contributed by atoms with E-state index >= 15 is 0 Å². The van der Waals surface area contributed by atoms with E-state index in [1.165, 1.54) is 64.9 Å². The molecule has 0 unspecified atom stereocenters. The molecule has 0 aliphatic rings. The van der Waals surface area contributed by atoms with Crippen molar-refractivity contribution in [3.63, 3.8) is 0 Å². The van der Waals surface area contributed by atoms with Gasteiger partial charge in [-0.25, -0.2) is 10.0 Å². The van der Waals surface area contributed by atoms with Crippen molar-refractivity contribution in [3.8, 4) is 11.3 Å². The van der Waals surface area contributed by atoms with Gasteiger partial charge in [0.25, 0.3) is 0 Å². The molecule has 0 fully saturated rings. The van der Waals surface area contributed by atoms with E-state index in [4.69, 9.17) is 4.98 Å². The first-order chi connectivity index (χ1) is 17.3. The molecule has 3 heteroatoms. The van der Waals surface area contributed by atoms with Crippen LogP contribution in [0.4, 0.5) is 0 Å². The summed E-state index contributed by atoms with van der Waals surface area (Å²) in [6, 6.07) is 29.3. The van der Waals surface area contributed by atoms with E-state index in [0.717, 1.165) is 5.69 Å². The minimum absolute atomic E-state index is 0.431. The molecule has 0 aliphatic heterocycles. The van der Waals surface area contributed by atoms with Gasteiger partial charge in [0.1, 0.15) is 0 Å². The van der Waals surface area contributed by atoms with E-state index in [9.17, 15) is 0 Å². The number of pyridine rings is 1. The van der Waals surface area contributed by atoms with Crippen molar-refractivity contribution in [1.29, 1.82) is 0 Å². The quantitative estimate of drug-likeness (QED) is 0.243. The first-order valence-electron chi connectivity index (χ1n) is 12.6. The normalized spacial score (nSPS) is 13.3. The molecule has 0 saturated carbocycles. The fraction of sp³-hybridized carbons (Fsp3) is 0.182. The van der Waals surface area contributed by atoms with Crippen LogP contribution in [0.5, 0.6) is 0 Å². The van der Waals surface area contributed by atoms with Crippen molar-refractivity contribution >= 4 is 58.9 Å². The van der Waals surface area contributed by atoms with E-state index in [1.54, 1.807) is 0 Å². The van der Waals surface area contributed by atoms with Crippen LogP contribution in [-0.4, -0.2) is 28.2 Å². The van der Waals surface area contributed by atoms with E-state index in [0.29, 0.717) is 5.92 Å².